The van der Waals surface area contributed by atoms with Crippen molar-refractivity contribution < 1.29 is 4.39 Å². The van der Waals surface area contributed by atoms with Crippen LogP contribution >= 0.6 is 0 Å². The minimum atomic E-state index is -0.145. The molecule has 0 aliphatic carbocycles. The largest absolute Gasteiger partial charge is 0.365 e. The van der Waals surface area contributed by atoms with E-state index in [9.17, 15) is 4.39 Å². The van der Waals surface area contributed by atoms with Gasteiger partial charge in [0.25, 0.3) is 0 Å². The van der Waals surface area contributed by atoms with E-state index in [4.69, 9.17) is 0 Å². The zero-order valence-electron chi connectivity index (χ0n) is 13.1. The van der Waals surface area contributed by atoms with Gasteiger partial charge in [0.05, 0.1) is 0 Å². The van der Waals surface area contributed by atoms with Gasteiger partial charge in [0.2, 0.25) is 0 Å². The summed E-state index contributed by atoms with van der Waals surface area (Å²) in [6, 6.07) is 5.60. The molecule has 0 spiro atoms. The molecule has 0 bridgehead atoms. The van der Waals surface area contributed by atoms with E-state index >= 15 is 0 Å². The van der Waals surface area contributed by atoms with Crippen molar-refractivity contribution in [3.05, 3.63) is 42.2 Å². The molecule has 1 N–H and O–H groups in total. The number of nitrogens with one attached hydrogen (secondary N) is 1. The van der Waals surface area contributed by atoms with Gasteiger partial charge in [0.15, 0.2) is 0 Å². The lowest BCUT2D eigenvalue weighted by Crippen LogP contribution is -2.33. The molecule has 1 aromatic rings. The van der Waals surface area contributed by atoms with Gasteiger partial charge in [-0.2, -0.15) is 0 Å². The molecule has 1 rings (SSSR count). The summed E-state index contributed by atoms with van der Waals surface area (Å²) in [4.78, 5) is 2.18. The van der Waals surface area contributed by atoms with Crippen LogP contribution in [0.1, 0.15) is 45.7 Å². The molecule has 1 atom stereocenters. The monoisotopic (exact) mass is 278 g/mol. The maximum absolute atomic E-state index is 14.3. The van der Waals surface area contributed by atoms with E-state index in [0.717, 1.165) is 24.2 Å². The summed E-state index contributed by atoms with van der Waals surface area (Å²) in [6.45, 7) is 13.8. The third kappa shape index (κ3) is 4.07. The Bertz CT molecular complexity index is 429. The molecule has 0 saturated heterocycles. The summed E-state index contributed by atoms with van der Waals surface area (Å²) in [5.74, 6) is -0.145. The van der Waals surface area contributed by atoms with Crippen LogP contribution in [-0.2, 0) is 0 Å². The fourth-order valence-corrected chi connectivity index (χ4v) is 2.39. The molecule has 0 fully saturated rings. The van der Waals surface area contributed by atoms with Gasteiger partial charge in [-0.1, -0.05) is 19.1 Å². The van der Waals surface area contributed by atoms with Crippen LogP contribution in [0.5, 0.6) is 0 Å². The Labute approximate surface area is 122 Å². The fraction of sp³-hybridized carbons (Fsp3) is 0.529. The quantitative estimate of drug-likeness (QED) is 0.714. The molecule has 0 aliphatic heterocycles. The molecule has 0 saturated carbocycles. The summed E-state index contributed by atoms with van der Waals surface area (Å²) in [6.07, 6.45) is 2.90. The first kappa shape index (κ1) is 16.7. The number of rotatable bonds is 8. The smallest absolute Gasteiger partial charge is 0.130 e. The Kier molecular flexibility index (Phi) is 6.73. The third-order valence-electron chi connectivity index (χ3n) is 3.42. The van der Waals surface area contributed by atoms with Crippen molar-refractivity contribution >= 4 is 5.69 Å². The zero-order chi connectivity index (χ0) is 15.1. The maximum atomic E-state index is 14.3. The van der Waals surface area contributed by atoms with E-state index in [0.29, 0.717) is 12.6 Å². The normalized spacial score (nSPS) is 12.5. The van der Waals surface area contributed by atoms with Crippen LogP contribution in [-0.4, -0.2) is 19.1 Å². The van der Waals surface area contributed by atoms with Crippen LogP contribution in [0.2, 0.25) is 0 Å². The standard InChI is InChI=1S/C17H27FN2/c1-6-11-19-14(5)17-15(18)9-8-10-16(17)20(12-7-2)13(3)4/h7-10,13-14,19H,2,6,11-12H2,1,3-5H3. The molecule has 1 unspecified atom stereocenters. The Balaban J connectivity index is 3.17. The highest BCUT2D eigenvalue weighted by Crippen LogP contribution is 2.30. The van der Waals surface area contributed by atoms with Gasteiger partial charge in [-0.25, -0.2) is 4.39 Å². The van der Waals surface area contributed by atoms with Crippen molar-refractivity contribution in [1.82, 2.24) is 5.32 Å². The highest BCUT2D eigenvalue weighted by Gasteiger charge is 2.20. The molecular formula is C17H27FN2. The maximum Gasteiger partial charge on any atom is 0.130 e. The Morgan fingerprint density at radius 3 is 2.60 bits per heavy atom. The van der Waals surface area contributed by atoms with Gasteiger partial charge in [-0.3, -0.25) is 0 Å². The molecule has 0 aliphatic rings. The number of benzene rings is 1. The Morgan fingerprint density at radius 2 is 2.05 bits per heavy atom. The lowest BCUT2D eigenvalue weighted by molar-refractivity contribution is 0.525. The van der Waals surface area contributed by atoms with Crippen molar-refractivity contribution in [3.8, 4) is 0 Å². The second-order valence-corrected chi connectivity index (χ2v) is 5.38. The number of hydrogen-bond acceptors (Lipinski definition) is 2. The second-order valence-electron chi connectivity index (χ2n) is 5.38. The molecule has 112 valence electrons. The van der Waals surface area contributed by atoms with Crippen LogP contribution in [0, 0.1) is 5.82 Å². The third-order valence-corrected chi connectivity index (χ3v) is 3.42. The lowest BCUT2D eigenvalue weighted by Gasteiger charge is -2.31. The van der Waals surface area contributed by atoms with E-state index < -0.39 is 0 Å². The van der Waals surface area contributed by atoms with Gasteiger partial charge in [-0.15, -0.1) is 6.58 Å². The van der Waals surface area contributed by atoms with Gasteiger partial charge in [-0.05, 0) is 45.9 Å². The van der Waals surface area contributed by atoms with Crippen molar-refractivity contribution in [3.63, 3.8) is 0 Å². The van der Waals surface area contributed by atoms with Crippen molar-refractivity contribution in [2.45, 2.75) is 46.2 Å². The zero-order valence-corrected chi connectivity index (χ0v) is 13.1. The highest BCUT2D eigenvalue weighted by atomic mass is 19.1. The molecule has 0 heterocycles. The molecule has 20 heavy (non-hydrogen) atoms. The van der Waals surface area contributed by atoms with E-state index in [1.807, 2.05) is 19.1 Å². The molecule has 3 heteroatoms. The average molecular weight is 278 g/mol. The summed E-state index contributed by atoms with van der Waals surface area (Å²) < 4.78 is 14.3. The predicted molar refractivity (Wildman–Crippen MR) is 85.8 cm³/mol. The van der Waals surface area contributed by atoms with E-state index in [1.165, 1.54) is 6.07 Å². The van der Waals surface area contributed by atoms with E-state index in [-0.39, 0.29) is 11.9 Å². The minimum Gasteiger partial charge on any atom is -0.365 e. The first-order chi connectivity index (χ1) is 9.52. The van der Waals surface area contributed by atoms with Crippen molar-refractivity contribution in [2.24, 2.45) is 0 Å². The number of nitrogens with zero attached hydrogens (tertiary/aromatic N) is 1. The lowest BCUT2D eigenvalue weighted by atomic mass is 10.0. The minimum absolute atomic E-state index is 0.00258. The first-order valence-electron chi connectivity index (χ1n) is 7.42. The Morgan fingerprint density at radius 1 is 1.35 bits per heavy atom. The van der Waals surface area contributed by atoms with Crippen molar-refractivity contribution in [1.29, 1.82) is 0 Å². The summed E-state index contributed by atoms with van der Waals surface area (Å²) in [5.41, 5.74) is 1.70. The Hall–Kier alpha value is -1.35. The van der Waals surface area contributed by atoms with Crippen LogP contribution in [0.25, 0.3) is 0 Å². The fourth-order valence-electron chi connectivity index (χ4n) is 2.39. The molecule has 2 nitrogen and oxygen atoms in total. The van der Waals surface area contributed by atoms with E-state index in [1.54, 1.807) is 6.07 Å². The number of halogens is 1. The first-order valence-corrected chi connectivity index (χ1v) is 7.42. The topological polar surface area (TPSA) is 15.3 Å². The van der Waals surface area contributed by atoms with Crippen LogP contribution in [0.3, 0.4) is 0 Å². The van der Waals surface area contributed by atoms with Gasteiger partial charge < -0.3 is 10.2 Å². The summed E-state index contributed by atoms with van der Waals surface area (Å²) >= 11 is 0. The molecular weight excluding hydrogens is 251 g/mol. The molecule has 0 aromatic heterocycles. The average Bonchev–Trinajstić information content (AvgIpc) is 2.41. The van der Waals surface area contributed by atoms with Crippen LogP contribution in [0.15, 0.2) is 30.9 Å². The SMILES string of the molecule is C=CCN(c1cccc(F)c1C(C)NCCC)C(C)C. The van der Waals surface area contributed by atoms with Crippen LogP contribution in [0.4, 0.5) is 10.1 Å². The second kappa shape index (κ2) is 8.05. The van der Waals surface area contributed by atoms with Gasteiger partial charge >= 0.3 is 0 Å². The number of anilines is 1. The molecule has 0 radical (unpaired) electrons. The van der Waals surface area contributed by atoms with Gasteiger partial charge in [0, 0.05) is 29.9 Å². The summed E-state index contributed by atoms with van der Waals surface area (Å²) in [7, 11) is 0. The number of hydrogen-bond donors (Lipinski definition) is 1. The van der Waals surface area contributed by atoms with Crippen LogP contribution < -0.4 is 10.2 Å². The summed E-state index contributed by atoms with van der Waals surface area (Å²) in [5, 5.41) is 3.37. The highest BCUT2D eigenvalue weighted by molar-refractivity contribution is 5.56. The van der Waals surface area contributed by atoms with Crippen molar-refractivity contribution in [2.75, 3.05) is 18.0 Å². The molecule has 1 aromatic carbocycles. The predicted octanol–water partition coefficient (Wildman–Crippen LogP) is 4.29. The van der Waals surface area contributed by atoms with Gasteiger partial charge in [0.1, 0.15) is 5.82 Å². The molecule has 0 amide bonds. The van der Waals surface area contributed by atoms with E-state index in [2.05, 4.69) is 37.6 Å².